The Morgan fingerprint density at radius 1 is 0.955 bits per heavy atom. The van der Waals surface area contributed by atoms with Gasteiger partial charge in [-0.2, -0.15) is 0 Å². The number of rotatable bonds is 2. The lowest BCUT2D eigenvalue weighted by Gasteiger charge is -2.38. The van der Waals surface area contributed by atoms with Crippen LogP contribution in [0.1, 0.15) is 40.7 Å². The fourth-order valence-corrected chi connectivity index (χ4v) is 3.44. The predicted molar refractivity (Wildman–Crippen MR) is 85.7 cm³/mol. The molecule has 22 heavy (non-hydrogen) atoms. The molecule has 2 saturated heterocycles. The van der Waals surface area contributed by atoms with Gasteiger partial charge in [-0.25, -0.2) is 0 Å². The van der Waals surface area contributed by atoms with E-state index in [4.69, 9.17) is 0 Å². The number of hydrogen-bond donors (Lipinski definition) is 0. The molecule has 0 radical (unpaired) electrons. The second-order valence-electron chi connectivity index (χ2n) is 6.65. The molecule has 2 amide bonds. The van der Waals surface area contributed by atoms with E-state index in [0.717, 1.165) is 55.6 Å². The molecule has 0 saturated carbocycles. The Balaban J connectivity index is 1.70. The van der Waals surface area contributed by atoms with E-state index in [1.54, 1.807) is 0 Å². The third-order valence-electron chi connectivity index (χ3n) is 4.69. The van der Waals surface area contributed by atoms with Gasteiger partial charge in [-0.15, -0.1) is 0 Å². The largest absolute Gasteiger partial charge is 0.342 e. The summed E-state index contributed by atoms with van der Waals surface area (Å²) in [6.45, 7) is 7.13. The highest BCUT2D eigenvalue weighted by atomic mass is 16.2. The van der Waals surface area contributed by atoms with Crippen LogP contribution in [0.25, 0.3) is 0 Å². The molecule has 0 aliphatic carbocycles. The summed E-state index contributed by atoms with van der Waals surface area (Å²) in [5.74, 6) is 0.293. The van der Waals surface area contributed by atoms with Gasteiger partial charge in [0.25, 0.3) is 5.91 Å². The van der Waals surface area contributed by atoms with Crippen LogP contribution in [0, 0.1) is 19.8 Å². The molecule has 1 aromatic rings. The van der Waals surface area contributed by atoms with Crippen LogP contribution in [0.3, 0.4) is 0 Å². The van der Waals surface area contributed by atoms with Crippen molar-refractivity contribution in [3.05, 3.63) is 34.9 Å². The van der Waals surface area contributed by atoms with Crippen LogP contribution in [0.5, 0.6) is 0 Å². The highest BCUT2D eigenvalue weighted by Crippen LogP contribution is 2.23. The van der Waals surface area contributed by atoms with E-state index in [1.807, 2.05) is 35.8 Å². The van der Waals surface area contributed by atoms with Crippen molar-refractivity contribution in [2.45, 2.75) is 33.1 Å². The number of benzene rings is 1. The SMILES string of the molecule is Cc1cc(C)cc(C(=O)N2CCCC(C(=O)N3CCC3)C2)c1. The van der Waals surface area contributed by atoms with E-state index in [-0.39, 0.29) is 17.7 Å². The topological polar surface area (TPSA) is 40.6 Å². The molecular formula is C18H24N2O2. The van der Waals surface area contributed by atoms with Crippen molar-refractivity contribution in [2.24, 2.45) is 5.92 Å². The van der Waals surface area contributed by atoms with E-state index < -0.39 is 0 Å². The van der Waals surface area contributed by atoms with Gasteiger partial charge in [-0.05, 0) is 45.2 Å². The van der Waals surface area contributed by atoms with Crippen LogP contribution in [0.15, 0.2) is 18.2 Å². The molecule has 2 aliphatic rings. The summed E-state index contributed by atoms with van der Waals surface area (Å²) in [6.07, 6.45) is 2.94. The van der Waals surface area contributed by atoms with Crippen LogP contribution in [-0.4, -0.2) is 47.8 Å². The van der Waals surface area contributed by atoms with Gasteiger partial charge in [0.1, 0.15) is 0 Å². The minimum atomic E-state index is -0.0103. The molecule has 1 unspecified atom stereocenters. The fourth-order valence-electron chi connectivity index (χ4n) is 3.44. The third kappa shape index (κ3) is 3.01. The first kappa shape index (κ1) is 15.1. The zero-order chi connectivity index (χ0) is 15.7. The average Bonchev–Trinajstić information content (AvgIpc) is 2.43. The summed E-state index contributed by atoms with van der Waals surface area (Å²) in [5.41, 5.74) is 2.96. The monoisotopic (exact) mass is 300 g/mol. The number of aryl methyl sites for hydroxylation is 2. The van der Waals surface area contributed by atoms with E-state index in [2.05, 4.69) is 6.07 Å². The molecular weight excluding hydrogens is 276 g/mol. The number of piperidine rings is 1. The van der Waals surface area contributed by atoms with Crippen molar-refractivity contribution >= 4 is 11.8 Å². The first-order valence-electron chi connectivity index (χ1n) is 8.21. The Morgan fingerprint density at radius 2 is 1.59 bits per heavy atom. The number of carbonyl (C=O) groups is 2. The van der Waals surface area contributed by atoms with Gasteiger partial charge in [0.2, 0.25) is 5.91 Å². The van der Waals surface area contributed by atoms with Gasteiger partial charge in [0.05, 0.1) is 5.92 Å². The Bertz CT molecular complexity index is 572. The lowest BCUT2D eigenvalue weighted by Crippen LogP contribution is -2.50. The van der Waals surface area contributed by atoms with Crippen LogP contribution < -0.4 is 0 Å². The molecule has 3 rings (SSSR count). The number of carbonyl (C=O) groups excluding carboxylic acids is 2. The van der Waals surface area contributed by atoms with Gasteiger partial charge in [0, 0.05) is 31.7 Å². The predicted octanol–water partition coefficient (Wildman–Crippen LogP) is 2.39. The smallest absolute Gasteiger partial charge is 0.253 e. The van der Waals surface area contributed by atoms with Gasteiger partial charge >= 0.3 is 0 Å². The van der Waals surface area contributed by atoms with E-state index in [0.29, 0.717) is 6.54 Å². The number of likely N-dealkylation sites (tertiary alicyclic amines) is 2. The van der Waals surface area contributed by atoms with Gasteiger partial charge < -0.3 is 9.80 Å². The summed E-state index contributed by atoms with van der Waals surface area (Å²) >= 11 is 0. The number of hydrogen-bond acceptors (Lipinski definition) is 2. The number of nitrogens with zero attached hydrogens (tertiary/aromatic N) is 2. The van der Waals surface area contributed by atoms with E-state index in [1.165, 1.54) is 0 Å². The Morgan fingerprint density at radius 3 is 2.18 bits per heavy atom. The van der Waals surface area contributed by atoms with Crippen LogP contribution in [0.2, 0.25) is 0 Å². The highest BCUT2D eigenvalue weighted by Gasteiger charge is 2.33. The molecule has 0 aromatic heterocycles. The van der Waals surface area contributed by atoms with Crippen molar-refractivity contribution in [3.63, 3.8) is 0 Å². The minimum Gasteiger partial charge on any atom is -0.342 e. The van der Waals surface area contributed by atoms with Gasteiger partial charge in [-0.3, -0.25) is 9.59 Å². The molecule has 2 heterocycles. The zero-order valence-corrected chi connectivity index (χ0v) is 13.5. The fraction of sp³-hybridized carbons (Fsp3) is 0.556. The highest BCUT2D eigenvalue weighted by molar-refractivity contribution is 5.95. The van der Waals surface area contributed by atoms with Crippen LogP contribution in [0.4, 0.5) is 0 Å². The van der Waals surface area contributed by atoms with Crippen molar-refractivity contribution in [3.8, 4) is 0 Å². The van der Waals surface area contributed by atoms with Crippen molar-refractivity contribution in [2.75, 3.05) is 26.2 Å². The molecule has 0 bridgehead atoms. The maximum atomic E-state index is 12.7. The molecule has 118 valence electrons. The van der Waals surface area contributed by atoms with Gasteiger partial charge in [0.15, 0.2) is 0 Å². The first-order valence-corrected chi connectivity index (χ1v) is 8.21. The minimum absolute atomic E-state index is 0.0103. The van der Waals surface area contributed by atoms with Crippen molar-refractivity contribution in [1.82, 2.24) is 9.80 Å². The summed E-state index contributed by atoms with van der Waals surface area (Å²) in [7, 11) is 0. The summed E-state index contributed by atoms with van der Waals surface area (Å²) in [6, 6.07) is 5.95. The van der Waals surface area contributed by atoms with Gasteiger partial charge in [-0.1, -0.05) is 17.2 Å². The quantitative estimate of drug-likeness (QED) is 0.841. The first-order chi connectivity index (χ1) is 10.5. The summed E-state index contributed by atoms with van der Waals surface area (Å²) < 4.78 is 0. The second-order valence-corrected chi connectivity index (χ2v) is 6.65. The van der Waals surface area contributed by atoms with Crippen LogP contribution in [-0.2, 0) is 4.79 Å². The summed E-state index contributed by atoms with van der Waals surface area (Å²) in [5, 5.41) is 0. The lowest BCUT2D eigenvalue weighted by molar-refractivity contribution is -0.140. The molecule has 1 atom stereocenters. The third-order valence-corrected chi connectivity index (χ3v) is 4.69. The van der Waals surface area contributed by atoms with Crippen molar-refractivity contribution < 1.29 is 9.59 Å². The van der Waals surface area contributed by atoms with E-state index >= 15 is 0 Å². The maximum Gasteiger partial charge on any atom is 0.253 e. The maximum absolute atomic E-state index is 12.7. The lowest BCUT2D eigenvalue weighted by atomic mass is 9.94. The zero-order valence-electron chi connectivity index (χ0n) is 13.5. The molecule has 2 aliphatic heterocycles. The van der Waals surface area contributed by atoms with Crippen LogP contribution >= 0.6 is 0 Å². The molecule has 0 spiro atoms. The second kappa shape index (κ2) is 6.11. The summed E-state index contributed by atoms with van der Waals surface area (Å²) in [4.78, 5) is 28.9. The Hall–Kier alpha value is -1.84. The van der Waals surface area contributed by atoms with E-state index in [9.17, 15) is 9.59 Å². The molecule has 2 fully saturated rings. The molecule has 4 heteroatoms. The van der Waals surface area contributed by atoms with Crippen molar-refractivity contribution in [1.29, 1.82) is 0 Å². The molecule has 1 aromatic carbocycles. The Labute approximate surface area is 132 Å². The average molecular weight is 300 g/mol. The standard InChI is InChI=1S/C18H24N2O2/c1-13-9-14(2)11-16(10-13)18(22)20-6-3-5-15(12-20)17(21)19-7-4-8-19/h9-11,15H,3-8,12H2,1-2H3. The molecule has 4 nitrogen and oxygen atoms in total. The molecule has 0 N–H and O–H groups in total. The Kier molecular flexibility index (Phi) is 4.19. The number of amides is 2. The normalized spacial score (nSPS) is 21.5.